The van der Waals surface area contributed by atoms with Crippen LogP contribution in [0, 0.1) is 11.6 Å². The minimum atomic E-state index is -1.02. The molecule has 1 aromatic carbocycles. The number of carbonyl (C=O) groups is 3. The lowest BCUT2D eigenvalue weighted by Gasteiger charge is -2.21. The summed E-state index contributed by atoms with van der Waals surface area (Å²) in [4.78, 5) is 38.0. The predicted octanol–water partition coefficient (Wildman–Crippen LogP) is 1.11. The molecule has 1 fully saturated rings. The Balaban J connectivity index is 1.92. The smallest absolute Gasteiger partial charge is 0.300 e. The van der Waals surface area contributed by atoms with Gasteiger partial charge in [0.2, 0.25) is 5.91 Å². The monoisotopic (exact) mass is 294 g/mol. The molecule has 0 saturated heterocycles. The number of likely N-dealkylation sites (N-methyl/N-ethyl adjacent to an activating group) is 1. The van der Waals surface area contributed by atoms with Crippen molar-refractivity contribution < 1.29 is 23.2 Å². The number of carbonyl (C=O) groups excluding carboxylic acids is 3. The second-order valence-electron chi connectivity index (χ2n) is 5.24. The van der Waals surface area contributed by atoms with Gasteiger partial charge in [0.1, 0.15) is 12.4 Å². The van der Waals surface area contributed by atoms with Crippen molar-refractivity contribution in [2.24, 2.45) is 0 Å². The van der Waals surface area contributed by atoms with Gasteiger partial charge in [-0.25, -0.2) is 8.78 Å². The Morgan fingerprint density at radius 3 is 2.62 bits per heavy atom. The number of Topliss-reactive ketones (excluding diaryl/α,β-unsaturated/α-hetero) is 1. The third kappa shape index (κ3) is 2.18. The first-order valence-electron chi connectivity index (χ1n) is 6.51. The molecule has 5 nitrogen and oxygen atoms in total. The van der Waals surface area contributed by atoms with Crippen LogP contribution in [0.15, 0.2) is 12.1 Å². The molecule has 0 radical (unpaired) electrons. The summed E-state index contributed by atoms with van der Waals surface area (Å²) in [7, 11) is 1.60. The maximum atomic E-state index is 13.9. The van der Waals surface area contributed by atoms with Crippen LogP contribution < -0.4 is 4.90 Å². The standard InChI is InChI=1S/C14H12F2N2O3/c1-17(8-2-3-8)11(19)6-18-12-9(13(20)14(18)21)4-7(15)5-10(12)16/h4-5,8H,2-3,6H2,1H3. The zero-order valence-electron chi connectivity index (χ0n) is 11.2. The van der Waals surface area contributed by atoms with Crippen molar-refractivity contribution >= 4 is 23.3 Å². The van der Waals surface area contributed by atoms with Crippen molar-refractivity contribution in [2.75, 3.05) is 18.5 Å². The number of amides is 2. The van der Waals surface area contributed by atoms with E-state index in [9.17, 15) is 23.2 Å². The Morgan fingerprint density at radius 1 is 1.33 bits per heavy atom. The Kier molecular flexibility index (Phi) is 3.00. The molecule has 110 valence electrons. The van der Waals surface area contributed by atoms with Gasteiger partial charge in [0.15, 0.2) is 5.82 Å². The maximum Gasteiger partial charge on any atom is 0.300 e. The van der Waals surface area contributed by atoms with Crippen molar-refractivity contribution in [3.8, 4) is 0 Å². The average Bonchev–Trinajstić information content (AvgIpc) is 3.23. The summed E-state index contributed by atoms with van der Waals surface area (Å²) in [6.45, 7) is -0.423. The topological polar surface area (TPSA) is 57.7 Å². The van der Waals surface area contributed by atoms with Crippen LogP contribution in [0.4, 0.5) is 14.5 Å². The molecule has 1 heterocycles. The van der Waals surface area contributed by atoms with E-state index in [0.29, 0.717) is 6.07 Å². The van der Waals surface area contributed by atoms with Crippen molar-refractivity contribution in [1.82, 2.24) is 4.90 Å². The second-order valence-corrected chi connectivity index (χ2v) is 5.24. The summed E-state index contributed by atoms with van der Waals surface area (Å²) < 4.78 is 27.0. The van der Waals surface area contributed by atoms with Gasteiger partial charge in [-0.05, 0) is 18.9 Å². The number of benzene rings is 1. The van der Waals surface area contributed by atoms with E-state index in [2.05, 4.69) is 0 Å². The molecule has 0 bridgehead atoms. The predicted molar refractivity (Wildman–Crippen MR) is 68.8 cm³/mol. The van der Waals surface area contributed by atoms with E-state index in [1.165, 1.54) is 4.90 Å². The average molecular weight is 294 g/mol. The number of nitrogens with zero attached hydrogens (tertiary/aromatic N) is 2. The van der Waals surface area contributed by atoms with Gasteiger partial charge in [-0.2, -0.15) is 0 Å². The van der Waals surface area contributed by atoms with Gasteiger partial charge in [0, 0.05) is 19.2 Å². The minimum absolute atomic E-state index is 0.142. The molecule has 1 saturated carbocycles. The van der Waals surface area contributed by atoms with Crippen molar-refractivity contribution in [1.29, 1.82) is 0 Å². The summed E-state index contributed by atoms with van der Waals surface area (Å²) in [5, 5.41) is 0. The molecule has 3 rings (SSSR count). The molecular formula is C14H12F2N2O3. The molecule has 21 heavy (non-hydrogen) atoms. The van der Waals surface area contributed by atoms with E-state index < -0.39 is 29.9 Å². The summed E-state index contributed by atoms with van der Waals surface area (Å²) in [5.74, 6) is -4.34. The van der Waals surface area contributed by atoms with Gasteiger partial charge in [-0.15, -0.1) is 0 Å². The highest BCUT2D eigenvalue weighted by atomic mass is 19.1. The number of fused-ring (bicyclic) bond motifs is 1. The van der Waals surface area contributed by atoms with E-state index in [1.807, 2.05) is 0 Å². The highest BCUT2D eigenvalue weighted by Gasteiger charge is 2.41. The number of hydrogen-bond acceptors (Lipinski definition) is 3. The van der Waals surface area contributed by atoms with Gasteiger partial charge >= 0.3 is 0 Å². The number of ketones is 1. The van der Waals surface area contributed by atoms with Crippen LogP contribution in [-0.4, -0.2) is 42.1 Å². The van der Waals surface area contributed by atoms with Crippen LogP contribution >= 0.6 is 0 Å². The lowest BCUT2D eigenvalue weighted by atomic mass is 10.1. The van der Waals surface area contributed by atoms with Crippen LogP contribution in [0.2, 0.25) is 0 Å². The molecule has 1 aliphatic heterocycles. The SMILES string of the molecule is CN(C(=O)CN1C(=O)C(=O)c2cc(F)cc(F)c21)C1CC1. The molecule has 2 amide bonds. The Hall–Kier alpha value is -2.31. The van der Waals surface area contributed by atoms with Gasteiger partial charge in [0.25, 0.3) is 11.7 Å². The van der Waals surface area contributed by atoms with Crippen LogP contribution in [-0.2, 0) is 9.59 Å². The van der Waals surface area contributed by atoms with Gasteiger partial charge in [-0.1, -0.05) is 0 Å². The lowest BCUT2D eigenvalue weighted by molar-refractivity contribution is -0.130. The summed E-state index contributed by atoms with van der Waals surface area (Å²) >= 11 is 0. The van der Waals surface area contributed by atoms with Crippen LogP contribution in [0.25, 0.3) is 0 Å². The second kappa shape index (κ2) is 4.61. The molecule has 0 aromatic heterocycles. The third-order valence-corrected chi connectivity index (χ3v) is 3.76. The zero-order chi connectivity index (χ0) is 15.3. The highest BCUT2D eigenvalue weighted by molar-refractivity contribution is 6.52. The molecule has 0 N–H and O–H groups in total. The maximum absolute atomic E-state index is 13.9. The van der Waals surface area contributed by atoms with Crippen molar-refractivity contribution in [2.45, 2.75) is 18.9 Å². The molecule has 2 aliphatic rings. The number of halogens is 2. The minimum Gasteiger partial charge on any atom is -0.341 e. The van der Waals surface area contributed by atoms with E-state index >= 15 is 0 Å². The Labute approximate surface area is 119 Å². The molecule has 1 aromatic rings. The first-order valence-corrected chi connectivity index (χ1v) is 6.51. The van der Waals surface area contributed by atoms with E-state index in [1.54, 1.807) is 7.05 Å². The molecule has 1 aliphatic carbocycles. The molecular weight excluding hydrogens is 282 g/mol. The number of rotatable bonds is 3. The van der Waals surface area contributed by atoms with E-state index in [4.69, 9.17) is 0 Å². The van der Waals surface area contributed by atoms with Gasteiger partial charge in [-0.3, -0.25) is 19.3 Å². The third-order valence-electron chi connectivity index (χ3n) is 3.76. The van der Waals surface area contributed by atoms with Crippen molar-refractivity contribution in [3.63, 3.8) is 0 Å². The summed E-state index contributed by atoms with van der Waals surface area (Å²) in [6.07, 6.45) is 1.79. The zero-order valence-corrected chi connectivity index (χ0v) is 11.2. The Bertz CT molecular complexity index is 670. The molecule has 7 heteroatoms. The van der Waals surface area contributed by atoms with Crippen LogP contribution in [0.3, 0.4) is 0 Å². The van der Waals surface area contributed by atoms with Crippen molar-refractivity contribution in [3.05, 3.63) is 29.3 Å². The van der Waals surface area contributed by atoms with Gasteiger partial charge < -0.3 is 4.90 Å². The fourth-order valence-corrected chi connectivity index (χ4v) is 2.42. The number of anilines is 1. The number of hydrogen-bond donors (Lipinski definition) is 0. The Morgan fingerprint density at radius 2 is 2.00 bits per heavy atom. The quantitative estimate of drug-likeness (QED) is 0.785. The highest BCUT2D eigenvalue weighted by Crippen LogP contribution is 2.33. The summed E-state index contributed by atoms with van der Waals surface area (Å²) in [5.41, 5.74) is -0.650. The lowest BCUT2D eigenvalue weighted by Crippen LogP contribution is -2.42. The van der Waals surface area contributed by atoms with Gasteiger partial charge in [0.05, 0.1) is 11.3 Å². The van der Waals surface area contributed by atoms with E-state index in [-0.39, 0.29) is 23.2 Å². The first kappa shape index (κ1) is 13.7. The first-order chi connectivity index (χ1) is 9.90. The summed E-state index contributed by atoms with van der Waals surface area (Å²) in [6, 6.07) is 1.55. The fraction of sp³-hybridized carbons (Fsp3) is 0.357. The van der Waals surface area contributed by atoms with Crippen LogP contribution in [0.5, 0.6) is 0 Å². The van der Waals surface area contributed by atoms with E-state index in [0.717, 1.165) is 23.8 Å². The largest absolute Gasteiger partial charge is 0.341 e. The molecule has 0 spiro atoms. The molecule has 0 unspecified atom stereocenters. The fourth-order valence-electron chi connectivity index (χ4n) is 2.42. The molecule has 0 atom stereocenters. The normalized spacial score (nSPS) is 17.2. The van der Waals surface area contributed by atoms with Crippen LogP contribution in [0.1, 0.15) is 23.2 Å².